The molecule has 0 atom stereocenters. The molecule has 1 amide bonds. The first kappa shape index (κ1) is 12.4. The van der Waals surface area contributed by atoms with Gasteiger partial charge in [0.2, 0.25) is 0 Å². The zero-order valence-corrected chi connectivity index (χ0v) is 11.1. The molecule has 2 aliphatic rings. The van der Waals surface area contributed by atoms with E-state index in [9.17, 15) is 4.79 Å². The van der Waals surface area contributed by atoms with Gasteiger partial charge in [0.1, 0.15) is 5.82 Å². The molecule has 0 spiro atoms. The Morgan fingerprint density at radius 3 is 2.42 bits per heavy atom. The van der Waals surface area contributed by atoms with Crippen molar-refractivity contribution in [2.75, 3.05) is 5.32 Å². The highest BCUT2D eigenvalue weighted by atomic mass is 16.2. The number of amides is 1. The van der Waals surface area contributed by atoms with Crippen molar-refractivity contribution >= 4 is 11.7 Å². The number of aromatic nitrogens is 2. The first-order chi connectivity index (χ1) is 9.31. The summed E-state index contributed by atoms with van der Waals surface area (Å²) in [4.78, 5) is 12.0. The number of rotatable bonds is 4. The van der Waals surface area contributed by atoms with Gasteiger partial charge in [0, 0.05) is 12.1 Å². The molecule has 5 nitrogen and oxygen atoms in total. The molecule has 2 saturated carbocycles. The molecule has 19 heavy (non-hydrogen) atoms. The summed E-state index contributed by atoms with van der Waals surface area (Å²) in [6, 6.07) is 4.44. The Morgan fingerprint density at radius 2 is 1.79 bits per heavy atom. The fourth-order valence-corrected chi connectivity index (χ4v) is 2.47. The lowest BCUT2D eigenvalue weighted by molar-refractivity contribution is 0.0921. The van der Waals surface area contributed by atoms with E-state index in [4.69, 9.17) is 0 Å². The molecule has 2 N–H and O–H groups in total. The Hall–Kier alpha value is -1.65. The second-order valence-electron chi connectivity index (χ2n) is 5.53. The van der Waals surface area contributed by atoms with Crippen LogP contribution in [0.25, 0.3) is 0 Å². The summed E-state index contributed by atoms with van der Waals surface area (Å²) in [5, 5.41) is 14.4. The van der Waals surface area contributed by atoms with Gasteiger partial charge in [0.05, 0.1) is 0 Å². The summed E-state index contributed by atoms with van der Waals surface area (Å²) < 4.78 is 0. The van der Waals surface area contributed by atoms with E-state index in [2.05, 4.69) is 20.8 Å². The van der Waals surface area contributed by atoms with E-state index in [0.717, 1.165) is 18.7 Å². The third-order valence-corrected chi connectivity index (χ3v) is 3.77. The van der Waals surface area contributed by atoms with Crippen molar-refractivity contribution < 1.29 is 4.79 Å². The van der Waals surface area contributed by atoms with Crippen LogP contribution in [0.3, 0.4) is 0 Å². The summed E-state index contributed by atoms with van der Waals surface area (Å²) in [6.45, 7) is 0. The predicted octanol–water partition coefficient (Wildman–Crippen LogP) is 2.11. The highest BCUT2D eigenvalue weighted by Gasteiger charge is 2.22. The van der Waals surface area contributed by atoms with Crippen molar-refractivity contribution in [1.82, 2.24) is 15.5 Å². The van der Waals surface area contributed by atoms with E-state index in [-0.39, 0.29) is 5.91 Å². The minimum Gasteiger partial charge on any atom is -0.366 e. The second-order valence-corrected chi connectivity index (χ2v) is 5.53. The van der Waals surface area contributed by atoms with Gasteiger partial charge in [-0.3, -0.25) is 4.79 Å². The molecule has 0 aromatic carbocycles. The van der Waals surface area contributed by atoms with Crippen LogP contribution in [0.4, 0.5) is 5.82 Å². The quantitative estimate of drug-likeness (QED) is 0.870. The van der Waals surface area contributed by atoms with Crippen LogP contribution in [0.2, 0.25) is 0 Å². The molecule has 0 unspecified atom stereocenters. The zero-order chi connectivity index (χ0) is 13.1. The first-order valence-corrected chi connectivity index (χ1v) is 7.22. The number of hydrogen-bond acceptors (Lipinski definition) is 4. The number of nitrogens with one attached hydrogen (secondary N) is 2. The van der Waals surface area contributed by atoms with Gasteiger partial charge in [-0.1, -0.05) is 19.3 Å². The first-order valence-electron chi connectivity index (χ1n) is 7.22. The maximum Gasteiger partial charge on any atom is 0.272 e. The summed E-state index contributed by atoms with van der Waals surface area (Å²) in [7, 11) is 0. The van der Waals surface area contributed by atoms with E-state index in [1.54, 1.807) is 6.07 Å². The lowest BCUT2D eigenvalue weighted by Crippen LogP contribution is -2.36. The van der Waals surface area contributed by atoms with Crippen molar-refractivity contribution in [2.45, 2.75) is 57.0 Å². The normalized spacial score (nSPS) is 20.0. The molecule has 0 bridgehead atoms. The standard InChI is InChI=1S/C14H20N4O/c19-14(16-10-4-2-1-3-5-10)12-8-9-13(18-17-12)15-11-6-7-11/h8-11H,1-7H2,(H,15,18)(H,16,19). The number of nitrogens with zero attached hydrogens (tertiary/aromatic N) is 2. The van der Waals surface area contributed by atoms with Crippen LogP contribution >= 0.6 is 0 Å². The lowest BCUT2D eigenvalue weighted by atomic mass is 9.95. The van der Waals surface area contributed by atoms with Crippen LogP contribution in [0.5, 0.6) is 0 Å². The Balaban J connectivity index is 1.55. The van der Waals surface area contributed by atoms with Gasteiger partial charge in [-0.25, -0.2) is 0 Å². The zero-order valence-electron chi connectivity index (χ0n) is 11.1. The van der Waals surface area contributed by atoms with Gasteiger partial charge in [-0.05, 0) is 37.8 Å². The van der Waals surface area contributed by atoms with Crippen molar-refractivity contribution in [3.8, 4) is 0 Å². The highest BCUT2D eigenvalue weighted by molar-refractivity contribution is 5.92. The predicted molar refractivity (Wildman–Crippen MR) is 73.0 cm³/mol. The summed E-state index contributed by atoms with van der Waals surface area (Å²) in [5.74, 6) is 0.661. The minimum absolute atomic E-state index is 0.0997. The molecule has 1 aromatic heterocycles. The van der Waals surface area contributed by atoms with E-state index < -0.39 is 0 Å². The van der Waals surface area contributed by atoms with Gasteiger partial charge < -0.3 is 10.6 Å². The molecule has 1 heterocycles. The van der Waals surface area contributed by atoms with E-state index >= 15 is 0 Å². The lowest BCUT2D eigenvalue weighted by Gasteiger charge is -2.22. The van der Waals surface area contributed by atoms with Crippen LogP contribution < -0.4 is 10.6 Å². The third kappa shape index (κ3) is 3.43. The Labute approximate surface area is 113 Å². The van der Waals surface area contributed by atoms with Crippen LogP contribution in [-0.2, 0) is 0 Å². The smallest absolute Gasteiger partial charge is 0.272 e. The molecule has 102 valence electrons. The van der Waals surface area contributed by atoms with Gasteiger partial charge in [-0.15, -0.1) is 10.2 Å². The van der Waals surface area contributed by atoms with E-state index in [1.165, 1.54) is 32.1 Å². The number of anilines is 1. The summed E-state index contributed by atoms with van der Waals surface area (Å²) >= 11 is 0. The highest BCUT2D eigenvalue weighted by Crippen LogP contribution is 2.23. The SMILES string of the molecule is O=C(NC1CCCCC1)c1ccc(NC2CC2)nn1. The molecule has 2 fully saturated rings. The van der Waals surface area contributed by atoms with Crippen LogP contribution in [0, 0.1) is 0 Å². The molecular weight excluding hydrogens is 240 g/mol. The van der Waals surface area contributed by atoms with Gasteiger partial charge >= 0.3 is 0 Å². The van der Waals surface area contributed by atoms with Crippen molar-refractivity contribution in [1.29, 1.82) is 0 Å². The fourth-order valence-electron chi connectivity index (χ4n) is 2.47. The van der Waals surface area contributed by atoms with Crippen molar-refractivity contribution in [2.24, 2.45) is 0 Å². The van der Waals surface area contributed by atoms with Crippen LogP contribution in [0.15, 0.2) is 12.1 Å². The van der Waals surface area contributed by atoms with Crippen LogP contribution in [0.1, 0.15) is 55.4 Å². The van der Waals surface area contributed by atoms with Gasteiger partial charge in [-0.2, -0.15) is 0 Å². The van der Waals surface area contributed by atoms with E-state index in [1.807, 2.05) is 6.07 Å². The van der Waals surface area contributed by atoms with Gasteiger partial charge in [0.25, 0.3) is 5.91 Å². The molecule has 0 radical (unpaired) electrons. The summed E-state index contributed by atoms with van der Waals surface area (Å²) in [5.41, 5.74) is 0.409. The van der Waals surface area contributed by atoms with E-state index in [0.29, 0.717) is 17.8 Å². The Kier molecular flexibility index (Phi) is 3.62. The molecular formula is C14H20N4O. The number of carbonyl (C=O) groups is 1. The minimum atomic E-state index is -0.0997. The maximum absolute atomic E-state index is 12.0. The van der Waals surface area contributed by atoms with Gasteiger partial charge in [0.15, 0.2) is 5.69 Å². The second kappa shape index (κ2) is 5.55. The average molecular weight is 260 g/mol. The molecule has 0 aliphatic heterocycles. The molecule has 5 heteroatoms. The monoisotopic (exact) mass is 260 g/mol. The maximum atomic E-state index is 12.0. The largest absolute Gasteiger partial charge is 0.366 e. The molecule has 0 saturated heterocycles. The number of carbonyl (C=O) groups excluding carboxylic acids is 1. The van der Waals surface area contributed by atoms with Crippen LogP contribution in [-0.4, -0.2) is 28.2 Å². The molecule has 1 aromatic rings. The Bertz CT molecular complexity index is 435. The fraction of sp³-hybridized carbons (Fsp3) is 0.643. The summed E-state index contributed by atoms with van der Waals surface area (Å²) in [6.07, 6.45) is 8.27. The molecule has 3 rings (SSSR count). The van der Waals surface area contributed by atoms with Crippen molar-refractivity contribution in [3.05, 3.63) is 17.8 Å². The Morgan fingerprint density at radius 1 is 1.00 bits per heavy atom. The number of hydrogen-bond donors (Lipinski definition) is 2. The average Bonchev–Trinajstić information content (AvgIpc) is 3.25. The third-order valence-electron chi connectivity index (χ3n) is 3.77. The topological polar surface area (TPSA) is 66.9 Å². The molecule has 2 aliphatic carbocycles. The van der Waals surface area contributed by atoms with Crippen molar-refractivity contribution in [3.63, 3.8) is 0 Å².